The number of aromatic nitrogens is 1. The minimum Gasteiger partial charge on any atom is -0.459 e. The Balaban J connectivity index is 1.39. The molecular formula is C24H21N3O5S2. The Bertz CT molecular complexity index is 1340. The van der Waals surface area contributed by atoms with Gasteiger partial charge in [0.25, 0.3) is 5.91 Å². The van der Waals surface area contributed by atoms with Crippen molar-refractivity contribution in [1.29, 1.82) is 0 Å². The van der Waals surface area contributed by atoms with E-state index in [4.69, 9.17) is 9.15 Å². The number of thiophene rings is 1. The second-order valence-electron chi connectivity index (χ2n) is 7.42. The molecule has 0 radical (unpaired) electrons. The van der Waals surface area contributed by atoms with Crippen molar-refractivity contribution in [3.63, 3.8) is 0 Å². The van der Waals surface area contributed by atoms with E-state index in [9.17, 15) is 14.4 Å². The summed E-state index contributed by atoms with van der Waals surface area (Å²) < 4.78 is 10.4. The number of anilines is 3. The van der Waals surface area contributed by atoms with Crippen LogP contribution in [0.1, 0.15) is 44.0 Å². The van der Waals surface area contributed by atoms with Gasteiger partial charge < -0.3 is 14.5 Å². The van der Waals surface area contributed by atoms with Crippen LogP contribution in [0, 0.1) is 13.8 Å². The predicted molar refractivity (Wildman–Crippen MR) is 131 cm³/mol. The number of hydrogen-bond donors (Lipinski definition) is 1. The molecule has 0 aliphatic carbocycles. The largest absolute Gasteiger partial charge is 0.459 e. The van der Waals surface area contributed by atoms with Crippen LogP contribution in [-0.4, -0.2) is 22.8 Å². The lowest BCUT2D eigenvalue weighted by Gasteiger charge is -2.19. The molecule has 4 rings (SSSR count). The third-order valence-corrected chi connectivity index (χ3v) is 6.79. The van der Waals surface area contributed by atoms with Crippen molar-refractivity contribution in [2.45, 2.75) is 27.4 Å². The average Bonchev–Trinajstić information content (AvgIpc) is 3.57. The van der Waals surface area contributed by atoms with E-state index in [1.165, 1.54) is 29.4 Å². The van der Waals surface area contributed by atoms with E-state index in [1.54, 1.807) is 29.6 Å². The molecule has 2 amide bonds. The zero-order valence-electron chi connectivity index (χ0n) is 18.7. The first-order valence-corrected chi connectivity index (χ1v) is 12.0. The lowest BCUT2D eigenvalue weighted by Crippen LogP contribution is -2.22. The number of esters is 1. The van der Waals surface area contributed by atoms with E-state index >= 15 is 0 Å². The lowest BCUT2D eigenvalue weighted by atomic mass is 10.1. The number of hydrogen-bond acceptors (Lipinski definition) is 8. The van der Waals surface area contributed by atoms with E-state index in [2.05, 4.69) is 10.3 Å². The van der Waals surface area contributed by atoms with Gasteiger partial charge in [0.2, 0.25) is 5.91 Å². The van der Waals surface area contributed by atoms with E-state index in [0.29, 0.717) is 20.7 Å². The van der Waals surface area contributed by atoms with Crippen molar-refractivity contribution in [2.24, 2.45) is 0 Å². The molecule has 1 aromatic carbocycles. The summed E-state index contributed by atoms with van der Waals surface area (Å²) in [5.74, 6) is -0.919. The average molecular weight is 496 g/mol. The number of rotatable bonds is 7. The molecule has 0 saturated heterocycles. The van der Waals surface area contributed by atoms with Gasteiger partial charge in [-0.05, 0) is 61.4 Å². The van der Waals surface area contributed by atoms with Gasteiger partial charge in [-0.15, -0.1) is 22.7 Å². The van der Waals surface area contributed by atoms with E-state index in [1.807, 2.05) is 32.0 Å². The van der Waals surface area contributed by atoms with E-state index < -0.39 is 11.9 Å². The van der Waals surface area contributed by atoms with E-state index in [0.717, 1.165) is 28.2 Å². The highest BCUT2D eigenvalue weighted by atomic mass is 32.1. The summed E-state index contributed by atoms with van der Waals surface area (Å²) in [6.07, 6.45) is 1.41. The topological polar surface area (TPSA) is 102 Å². The van der Waals surface area contributed by atoms with Crippen molar-refractivity contribution in [3.05, 3.63) is 81.6 Å². The van der Waals surface area contributed by atoms with Crippen LogP contribution < -0.4 is 10.2 Å². The van der Waals surface area contributed by atoms with Gasteiger partial charge in [-0.25, -0.2) is 9.78 Å². The molecular weight excluding hydrogens is 474 g/mol. The van der Waals surface area contributed by atoms with Gasteiger partial charge in [-0.1, -0.05) is 6.07 Å². The van der Waals surface area contributed by atoms with Gasteiger partial charge in [0, 0.05) is 12.3 Å². The number of aryl methyl sites for hydroxylation is 2. The molecule has 0 aliphatic heterocycles. The van der Waals surface area contributed by atoms with E-state index in [-0.39, 0.29) is 18.3 Å². The van der Waals surface area contributed by atoms with Crippen molar-refractivity contribution in [1.82, 2.24) is 4.98 Å². The smallest absolute Gasteiger partial charge is 0.348 e. The highest BCUT2D eigenvalue weighted by Crippen LogP contribution is 2.31. The third-order valence-electron chi connectivity index (χ3n) is 4.93. The number of carbonyl (C=O) groups is 3. The summed E-state index contributed by atoms with van der Waals surface area (Å²) >= 11 is 2.39. The maximum absolute atomic E-state index is 12.5. The second kappa shape index (κ2) is 10.0. The molecule has 0 aliphatic rings. The molecule has 0 atom stereocenters. The van der Waals surface area contributed by atoms with Crippen LogP contribution >= 0.6 is 22.7 Å². The van der Waals surface area contributed by atoms with Crippen molar-refractivity contribution in [2.75, 3.05) is 10.2 Å². The molecule has 0 fully saturated rings. The van der Waals surface area contributed by atoms with Crippen LogP contribution in [0.3, 0.4) is 0 Å². The summed E-state index contributed by atoms with van der Waals surface area (Å²) in [5.41, 5.74) is 3.48. The van der Waals surface area contributed by atoms with Gasteiger partial charge in [-0.2, -0.15) is 0 Å². The minimum absolute atomic E-state index is 0.0417. The molecule has 34 heavy (non-hydrogen) atoms. The Morgan fingerprint density at radius 2 is 1.94 bits per heavy atom. The van der Waals surface area contributed by atoms with Gasteiger partial charge in [0.1, 0.15) is 11.5 Å². The molecule has 0 bridgehead atoms. The highest BCUT2D eigenvalue weighted by molar-refractivity contribution is 7.18. The Kier molecular flexibility index (Phi) is 6.90. The second-order valence-corrected chi connectivity index (χ2v) is 9.34. The van der Waals surface area contributed by atoms with Crippen molar-refractivity contribution < 1.29 is 23.5 Å². The van der Waals surface area contributed by atoms with Crippen molar-refractivity contribution >= 4 is 56.3 Å². The fourth-order valence-corrected chi connectivity index (χ4v) is 4.73. The number of nitrogens with zero attached hydrogens (tertiary/aromatic N) is 2. The van der Waals surface area contributed by atoms with Crippen LogP contribution in [0.15, 0.2) is 58.5 Å². The molecule has 0 saturated carbocycles. The standard InChI is InChI=1S/C24H21N3O5S2/c1-14-6-7-18(11-15(14)2)27(16(3)28)24-25-17(13-33-24)12-32-23(30)20-8-9-21(34-20)26-22(29)19-5-4-10-31-19/h4-11,13H,12H2,1-3H3,(H,26,29). The normalized spacial score (nSPS) is 10.7. The summed E-state index contributed by atoms with van der Waals surface area (Å²) in [7, 11) is 0. The SMILES string of the molecule is CC(=O)N(c1ccc(C)c(C)c1)c1nc(COC(=O)c2ccc(NC(=O)c3ccco3)s2)cs1. The first kappa shape index (κ1) is 23.4. The monoisotopic (exact) mass is 495 g/mol. The molecule has 174 valence electrons. The lowest BCUT2D eigenvalue weighted by molar-refractivity contribution is -0.115. The van der Waals surface area contributed by atoms with Crippen molar-refractivity contribution in [3.8, 4) is 0 Å². The predicted octanol–water partition coefficient (Wildman–Crippen LogP) is 5.71. The molecule has 10 heteroatoms. The number of carbonyl (C=O) groups excluding carboxylic acids is 3. The number of furan rings is 1. The fraction of sp³-hybridized carbons (Fsp3) is 0.167. The zero-order valence-corrected chi connectivity index (χ0v) is 20.3. The first-order chi connectivity index (χ1) is 16.3. The molecule has 3 heterocycles. The molecule has 0 spiro atoms. The maximum atomic E-state index is 12.5. The number of benzene rings is 1. The molecule has 4 aromatic rings. The Labute approximate surface area is 203 Å². The highest BCUT2D eigenvalue weighted by Gasteiger charge is 2.20. The van der Waals surface area contributed by atoms with Crippen LogP contribution in [0.4, 0.5) is 15.8 Å². The zero-order chi connectivity index (χ0) is 24.2. The Morgan fingerprint density at radius 1 is 1.12 bits per heavy atom. The Hall–Kier alpha value is -3.76. The van der Waals surface area contributed by atoms with Crippen LogP contribution in [0.5, 0.6) is 0 Å². The number of nitrogens with one attached hydrogen (secondary N) is 1. The quantitative estimate of drug-likeness (QED) is 0.330. The number of amides is 2. The molecule has 0 unspecified atom stereocenters. The minimum atomic E-state index is -0.532. The maximum Gasteiger partial charge on any atom is 0.348 e. The summed E-state index contributed by atoms with van der Waals surface area (Å²) in [6.45, 7) is 5.44. The van der Waals surface area contributed by atoms with Gasteiger partial charge >= 0.3 is 5.97 Å². The number of ether oxygens (including phenoxy) is 1. The van der Waals surface area contributed by atoms with Crippen LogP contribution in [-0.2, 0) is 16.1 Å². The summed E-state index contributed by atoms with van der Waals surface area (Å²) in [6, 6.07) is 12.1. The third kappa shape index (κ3) is 5.24. The Morgan fingerprint density at radius 3 is 2.65 bits per heavy atom. The van der Waals surface area contributed by atoms with Gasteiger partial charge in [0.15, 0.2) is 10.9 Å². The first-order valence-electron chi connectivity index (χ1n) is 10.3. The number of thiazole rings is 1. The van der Waals surface area contributed by atoms with Gasteiger partial charge in [0.05, 0.1) is 22.6 Å². The van der Waals surface area contributed by atoms with Crippen LogP contribution in [0.2, 0.25) is 0 Å². The fourth-order valence-electron chi connectivity index (χ4n) is 3.06. The summed E-state index contributed by atoms with van der Waals surface area (Å²) in [5, 5.41) is 5.42. The molecule has 3 aromatic heterocycles. The molecule has 1 N–H and O–H groups in total. The molecule has 8 nitrogen and oxygen atoms in total. The van der Waals surface area contributed by atoms with Gasteiger partial charge in [-0.3, -0.25) is 14.5 Å². The van der Waals surface area contributed by atoms with Crippen LogP contribution in [0.25, 0.3) is 0 Å². The summed E-state index contributed by atoms with van der Waals surface area (Å²) in [4.78, 5) is 43.2.